The number of likely N-dealkylation sites (tertiary alicyclic amines) is 1. The Labute approximate surface area is 127 Å². The van der Waals surface area contributed by atoms with Gasteiger partial charge < -0.3 is 15.4 Å². The molecule has 1 unspecified atom stereocenters. The number of para-hydroxylation sites is 1. The molecular weight excluding hydrogens is 264 g/mol. The number of carbonyl (C=O) groups excluding carboxylic acids is 1. The first-order valence-electron chi connectivity index (χ1n) is 7.82. The number of nitrogens with two attached hydrogens (primary N) is 1. The molecule has 1 aromatic rings. The Morgan fingerprint density at radius 1 is 1.33 bits per heavy atom. The van der Waals surface area contributed by atoms with E-state index in [0.29, 0.717) is 0 Å². The van der Waals surface area contributed by atoms with E-state index in [4.69, 9.17) is 10.5 Å². The minimum atomic E-state index is 0.0759. The predicted molar refractivity (Wildman–Crippen MR) is 84.5 cm³/mol. The van der Waals surface area contributed by atoms with Crippen molar-refractivity contribution >= 4 is 5.91 Å². The molecule has 0 bridgehead atoms. The van der Waals surface area contributed by atoms with Crippen molar-refractivity contribution in [3.8, 4) is 5.75 Å². The smallest absolute Gasteiger partial charge is 0.260 e. The van der Waals surface area contributed by atoms with Gasteiger partial charge in [-0.15, -0.1) is 0 Å². The third kappa shape index (κ3) is 4.46. The van der Waals surface area contributed by atoms with Crippen LogP contribution < -0.4 is 10.5 Å². The van der Waals surface area contributed by atoms with E-state index in [1.165, 1.54) is 6.42 Å². The summed E-state index contributed by atoms with van der Waals surface area (Å²) in [6.45, 7) is 5.83. The van der Waals surface area contributed by atoms with Crippen LogP contribution >= 0.6 is 0 Å². The minimum Gasteiger partial charge on any atom is -0.483 e. The van der Waals surface area contributed by atoms with Gasteiger partial charge in [0, 0.05) is 19.1 Å². The Morgan fingerprint density at radius 3 is 2.71 bits per heavy atom. The van der Waals surface area contributed by atoms with E-state index in [-0.39, 0.29) is 18.6 Å². The molecule has 0 spiro atoms. The maximum absolute atomic E-state index is 12.2. The summed E-state index contributed by atoms with van der Waals surface area (Å²) in [6, 6.07) is 6.11. The first-order chi connectivity index (χ1) is 10.1. The maximum atomic E-state index is 12.2. The number of hydrogen-bond donors (Lipinski definition) is 1. The lowest BCUT2D eigenvalue weighted by atomic mass is 10.0. The fourth-order valence-electron chi connectivity index (χ4n) is 2.80. The molecule has 4 nitrogen and oxygen atoms in total. The Balaban J connectivity index is 2.00. The number of aryl methyl sites for hydroxylation is 1. The van der Waals surface area contributed by atoms with Gasteiger partial charge in [0.25, 0.3) is 5.91 Å². The second kappa shape index (κ2) is 7.46. The average Bonchev–Trinajstić information content (AvgIpc) is 2.46. The van der Waals surface area contributed by atoms with Gasteiger partial charge in [-0.3, -0.25) is 4.79 Å². The van der Waals surface area contributed by atoms with Crippen molar-refractivity contribution in [2.45, 2.75) is 45.6 Å². The van der Waals surface area contributed by atoms with Crippen LogP contribution in [0.25, 0.3) is 0 Å². The molecule has 1 amide bonds. The van der Waals surface area contributed by atoms with Crippen LogP contribution in [0.3, 0.4) is 0 Å². The van der Waals surface area contributed by atoms with Gasteiger partial charge in [0.1, 0.15) is 5.75 Å². The Morgan fingerprint density at radius 2 is 2.05 bits per heavy atom. The van der Waals surface area contributed by atoms with Gasteiger partial charge in [0.2, 0.25) is 0 Å². The summed E-state index contributed by atoms with van der Waals surface area (Å²) < 4.78 is 5.84. The van der Waals surface area contributed by atoms with Crippen molar-refractivity contribution < 1.29 is 9.53 Å². The Hall–Kier alpha value is -1.55. The van der Waals surface area contributed by atoms with Crippen LogP contribution in [-0.2, 0) is 11.2 Å². The van der Waals surface area contributed by atoms with Crippen LogP contribution in [0.15, 0.2) is 18.2 Å². The van der Waals surface area contributed by atoms with E-state index in [2.05, 4.69) is 0 Å². The van der Waals surface area contributed by atoms with Gasteiger partial charge in [-0.05, 0) is 50.7 Å². The first kappa shape index (κ1) is 15.8. The molecule has 0 aliphatic carbocycles. The van der Waals surface area contributed by atoms with Gasteiger partial charge in [0.15, 0.2) is 6.61 Å². The molecule has 21 heavy (non-hydrogen) atoms. The van der Waals surface area contributed by atoms with Crippen molar-refractivity contribution in [3.63, 3.8) is 0 Å². The van der Waals surface area contributed by atoms with Crippen LogP contribution in [0.2, 0.25) is 0 Å². The number of nitrogens with zero attached hydrogens (tertiary/aromatic N) is 1. The highest BCUT2D eigenvalue weighted by Gasteiger charge is 2.18. The molecule has 1 aliphatic rings. The molecule has 0 saturated carbocycles. The molecule has 1 saturated heterocycles. The summed E-state index contributed by atoms with van der Waals surface area (Å²) in [5, 5.41) is 0. The lowest BCUT2D eigenvalue weighted by molar-refractivity contribution is -0.134. The minimum absolute atomic E-state index is 0.0759. The molecule has 1 aliphatic heterocycles. The number of amides is 1. The van der Waals surface area contributed by atoms with Crippen molar-refractivity contribution in [2.24, 2.45) is 5.73 Å². The molecule has 116 valence electrons. The highest BCUT2D eigenvalue weighted by Crippen LogP contribution is 2.24. The van der Waals surface area contributed by atoms with Gasteiger partial charge in [0.05, 0.1) is 0 Å². The second-order valence-corrected chi connectivity index (χ2v) is 5.97. The summed E-state index contributed by atoms with van der Waals surface area (Å²) in [5.74, 6) is 0.907. The largest absolute Gasteiger partial charge is 0.483 e. The zero-order chi connectivity index (χ0) is 15.2. The molecule has 0 aromatic heterocycles. The molecule has 0 radical (unpaired) electrons. The van der Waals surface area contributed by atoms with Crippen LogP contribution in [0, 0.1) is 6.92 Å². The number of carbonyl (C=O) groups is 1. The second-order valence-electron chi connectivity index (χ2n) is 5.97. The third-order valence-corrected chi connectivity index (χ3v) is 3.88. The van der Waals surface area contributed by atoms with E-state index in [9.17, 15) is 4.79 Å². The quantitative estimate of drug-likeness (QED) is 0.905. The van der Waals surface area contributed by atoms with Crippen molar-refractivity contribution in [1.29, 1.82) is 0 Å². The lowest BCUT2D eigenvalue weighted by Gasteiger charge is -2.27. The summed E-state index contributed by atoms with van der Waals surface area (Å²) in [7, 11) is 0. The van der Waals surface area contributed by atoms with Gasteiger partial charge in [-0.25, -0.2) is 0 Å². The fourth-order valence-corrected chi connectivity index (χ4v) is 2.80. The standard InChI is InChI=1S/C17H26N2O2/c1-13-7-6-8-15(11-14(2)18)17(13)21-12-16(20)19-9-4-3-5-10-19/h6-8,14H,3-5,9-12,18H2,1-2H3. The first-order valence-corrected chi connectivity index (χ1v) is 7.82. The molecule has 1 aromatic carbocycles. The predicted octanol–water partition coefficient (Wildman–Crippen LogP) is 2.28. The third-order valence-electron chi connectivity index (χ3n) is 3.88. The SMILES string of the molecule is Cc1cccc(CC(C)N)c1OCC(=O)N1CCCCC1. The summed E-state index contributed by atoms with van der Waals surface area (Å²) >= 11 is 0. The van der Waals surface area contributed by atoms with E-state index >= 15 is 0 Å². The summed E-state index contributed by atoms with van der Waals surface area (Å²) in [6.07, 6.45) is 4.19. The lowest BCUT2D eigenvalue weighted by Crippen LogP contribution is -2.38. The van der Waals surface area contributed by atoms with Crippen LogP contribution in [0.5, 0.6) is 5.75 Å². The normalized spacial score (nSPS) is 16.6. The molecule has 2 rings (SSSR count). The average molecular weight is 290 g/mol. The summed E-state index contributed by atoms with van der Waals surface area (Å²) in [5.41, 5.74) is 8.02. The van der Waals surface area contributed by atoms with E-state index in [1.807, 2.05) is 36.9 Å². The number of benzene rings is 1. The van der Waals surface area contributed by atoms with Crippen molar-refractivity contribution in [2.75, 3.05) is 19.7 Å². The molecule has 1 atom stereocenters. The van der Waals surface area contributed by atoms with E-state index in [0.717, 1.165) is 49.2 Å². The summed E-state index contributed by atoms with van der Waals surface area (Å²) in [4.78, 5) is 14.1. The molecule has 1 fully saturated rings. The number of ether oxygens (including phenoxy) is 1. The van der Waals surface area contributed by atoms with Gasteiger partial charge in [-0.2, -0.15) is 0 Å². The fraction of sp³-hybridized carbons (Fsp3) is 0.588. The molecule has 1 heterocycles. The van der Waals surface area contributed by atoms with Crippen LogP contribution in [0.4, 0.5) is 0 Å². The number of piperidine rings is 1. The van der Waals surface area contributed by atoms with Gasteiger partial charge >= 0.3 is 0 Å². The zero-order valence-electron chi connectivity index (χ0n) is 13.1. The molecule has 4 heteroatoms. The van der Waals surface area contributed by atoms with Crippen molar-refractivity contribution in [3.05, 3.63) is 29.3 Å². The Bertz CT molecular complexity index is 480. The van der Waals surface area contributed by atoms with Gasteiger partial charge in [-0.1, -0.05) is 18.2 Å². The van der Waals surface area contributed by atoms with Crippen molar-refractivity contribution in [1.82, 2.24) is 4.90 Å². The Kier molecular flexibility index (Phi) is 5.62. The van der Waals surface area contributed by atoms with Crippen LogP contribution in [0.1, 0.15) is 37.3 Å². The molecule has 2 N–H and O–H groups in total. The van der Waals surface area contributed by atoms with E-state index in [1.54, 1.807) is 0 Å². The zero-order valence-corrected chi connectivity index (χ0v) is 13.1. The molecular formula is C17H26N2O2. The maximum Gasteiger partial charge on any atom is 0.260 e. The highest BCUT2D eigenvalue weighted by atomic mass is 16.5. The topological polar surface area (TPSA) is 55.6 Å². The highest BCUT2D eigenvalue weighted by molar-refractivity contribution is 5.78. The monoisotopic (exact) mass is 290 g/mol. The van der Waals surface area contributed by atoms with E-state index < -0.39 is 0 Å². The van der Waals surface area contributed by atoms with Crippen LogP contribution in [-0.4, -0.2) is 36.5 Å². The number of hydrogen-bond acceptors (Lipinski definition) is 3. The number of rotatable bonds is 5.